The average Bonchev–Trinajstić information content (AvgIpc) is 3.47. The van der Waals surface area contributed by atoms with Gasteiger partial charge in [-0.15, -0.1) is 10.2 Å². The lowest BCUT2D eigenvalue weighted by atomic mass is 9.96. The van der Waals surface area contributed by atoms with Gasteiger partial charge in [0.1, 0.15) is 5.69 Å². The number of fused-ring (bicyclic) bond motifs is 1. The third-order valence-electron chi connectivity index (χ3n) is 5.38. The van der Waals surface area contributed by atoms with Gasteiger partial charge in [0.2, 0.25) is 5.95 Å². The van der Waals surface area contributed by atoms with Crippen LogP contribution in [0.5, 0.6) is 0 Å². The first-order valence-electron chi connectivity index (χ1n) is 9.36. The number of alkyl halides is 3. The van der Waals surface area contributed by atoms with E-state index in [-0.39, 0.29) is 11.9 Å². The fraction of sp³-hybridized carbons (Fsp3) is 0.500. The summed E-state index contributed by atoms with van der Waals surface area (Å²) < 4.78 is 40.5. The highest BCUT2D eigenvalue weighted by atomic mass is 19.4. The van der Waals surface area contributed by atoms with Crippen molar-refractivity contribution in [3.05, 3.63) is 41.6 Å². The highest BCUT2D eigenvalue weighted by molar-refractivity contribution is 5.38. The topological polar surface area (TPSA) is 72.1 Å². The number of hydrogen-bond acceptors (Lipinski definition) is 6. The van der Waals surface area contributed by atoms with Crippen LogP contribution in [0, 0.1) is 0 Å². The molecule has 0 N–H and O–H groups in total. The second-order valence-corrected chi connectivity index (χ2v) is 7.36. The SMILES string of the molecule is FC(F)(F)c1ccnc(N2CCC(c3nnc4ccc(C5CC5)nn34)CC2)n1. The molecule has 3 aromatic rings. The predicted octanol–water partition coefficient (Wildman–Crippen LogP) is 3.19. The van der Waals surface area contributed by atoms with Gasteiger partial charge in [-0.2, -0.15) is 22.8 Å². The number of halogens is 3. The molecule has 1 aliphatic carbocycles. The Morgan fingerprint density at radius 1 is 0.929 bits per heavy atom. The van der Waals surface area contributed by atoms with E-state index in [4.69, 9.17) is 5.10 Å². The Morgan fingerprint density at radius 2 is 1.71 bits per heavy atom. The largest absolute Gasteiger partial charge is 0.433 e. The van der Waals surface area contributed by atoms with Crippen LogP contribution in [0.1, 0.15) is 54.7 Å². The summed E-state index contributed by atoms with van der Waals surface area (Å²) in [6, 6.07) is 4.85. The van der Waals surface area contributed by atoms with Crippen molar-refractivity contribution in [3.8, 4) is 0 Å². The summed E-state index contributed by atoms with van der Waals surface area (Å²) in [6.07, 6.45) is 0.496. The Hall–Kier alpha value is -2.78. The summed E-state index contributed by atoms with van der Waals surface area (Å²) in [5.41, 5.74) is 0.881. The molecule has 146 valence electrons. The monoisotopic (exact) mass is 389 g/mol. The third-order valence-corrected chi connectivity index (χ3v) is 5.38. The lowest BCUT2D eigenvalue weighted by Crippen LogP contribution is -2.35. The van der Waals surface area contributed by atoms with Gasteiger partial charge in [0.15, 0.2) is 11.5 Å². The Balaban J connectivity index is 1.34. The van der Waals surface area contributed by atoms with Gasteiger partial charge >= 0.3 is 6.18 Å². The van der Waals surface area contributed by atoms with Crippen molar-refractivity contribution in [2.24, 2.45) is 0 Å². The first-order valence-corrected chi connectivity index (χ1v) is 9.36. The van der Waals surface area contributed by atoms with Crippen molar-refractivity contribution in [1.29, 1.82) is 0 Å². The number of anilines is 1. The van der Waals surface area contributed by atoms with Crippen molar-refractivity contribution < 1.29 is 13.2 Å². The fourth-order valence-electron chi connectivity index (χ4n) is 3.67. The van der Waals surface area contributed by atoms with Gasteiger partial charge < -0.3 is 4.90 Å². The van der Waals surface area contributed by atoms with Crippen LogP contribution < -0.4 is 4.90 Å². The van der Waals surface area contributed by atoms with Crippen molar-refractivity contribution in [2.45, 2.75) is 43.7 Å². The number of nitrogens with zero attached hydrogens (tertiary/aromatic N) is 7. The molecule has 0 unspecified atom stereocenters. The molecule has 3 aromatic heterocycles. The lowest BCUT2D eigenvalue weighted by molar-refractivity contribution is -0.141. The molecule has 0 bridgehead atoms. The van der Waals surface area contributed by atoms with Crippen LogP contribution in [0.2, 0.25) is 0 Å². The highest BCUT2D eigenvalue weighted by Gasteiger charge is 2.34. The van der Waals surface area contributed by atoms with Gasteiger partial charge in [-0.25, -0.2) is 9.97 Å². The molecule has 7 nitrogen and oxygen atoms in total. The maximum absolute atomic E-state index is 12.9. The molecule has 28 heavy (non-hydrogen) atoms. The smallest absolute Gasteiger partial charge is 0.341 e. The van der Waals surface area contributed by atoms with Gasteiger partial charge in [-0.05, 0) is 43.9 Å². The van der Waals surface area contributed by atoms with Crippen LogP contribution >= 0.6 is 0 Å². The van der Waals surface area contributed by atoms with Crippen LogP contribution in [0.25, 0.3) is 5.65 Å². The maximum Gasteiger partial charge on any atom is 0.433 e. The maximum atomic E-state index is 12.9. The zero-order valence-electron chi connectivity index (χ0n) is 15.0. The molecule has 2 fully saturated rings. The van der Waals surface area contributed by atoms with Gasteiger partial charge in [0.25, 0.3) is 0 Å². The van der Waals surface area contributed by atoms with Crippen LogP contribution in [0.3, 0.4) is 0 Å². The molecular formula is C18H18F3N7. The summed E-state index contributed by atoms with van der Waals surface area (Å²) >= 11 is 0. The second-order valence-electron chi connectivity index (χ2n) is 7.36. The van der Waals surface area contributed by atoms with Crippen molar-refractivity contribution in [3.63, 3.8) is 0 Å². The van der Waals surface area contributed by atoms with Gasteiger partial charge in [0.05, 0.1) is 5.69 Å². The van der Waals surface area contributed by atoms with Crippen LogP contribution in [-0.4, -0.2) is 42.9 Å². The summed E-state index contributed by atoms with van der Waals surface area (Å²) in [7, 11) is 0. The Kier molecular flexibility index (Phi) is 3.95. The third kappa shape index (κ3) is 3.16. The number of aromatic nitrogens is 6. The molecule has 4 heterocycles. The Bertz CT molecular complexity index is 1000. The lowest BCUT2D eigenvalue weighted by Gasteiger charge is -2.31. The molecule has 10 heteroatoms. The number of piperidine rings is 1. The molecule has 1 saturated carbocycles. The van der Waals surface area contributed by atoms with E-state index < -0.39 is 11.9 Å². The summed E-state index contributed by atoms with van der Waals surface area (Å²) in [5.74, 6) is 1.63. The molecule has 0 spiro atoms. The average molecular weight is 389 g/mol. The quantitative estimate of drug-likeness (QED) is 0.685. The first kappa shape index (κ1) is 17.3. The standard InChI is InChI=1S/C18H18F3N7/c19-18(20,21)14-5-8-22-17(23-14)27-9-6-12(7-10-27)16-25-24-15-4-3-13(11-1-2-11)26-28(15)16/h3-5,8,11-12H,1-2,6-7,9-10H2. The van der Waals surface area contributed by atoms with Crippen LogP contribution in [-0.2, 0) is 6.18 Å². The van der Waals surface area contributed by atoms with E-state index in [1.165, 1.54) is 12.8 Å². The van der Waals surface area contributed by atoms with E-state index in [0.717, 1.165) is 42.3 Å². The van der Waals surface area contributed by atoms with Gasteiger partial charge in [0, 0.05) is 31.1 Å². The molecule has 0 atom stereocenters. The predicted molar refractivity (Wildman–Crippen MR) is 94.0 cm³/mol. The Labute approximate surface area is 158 Å². The van der Waals surface area contributed by atoms with Crippen LogP contribution in [0.15, 0.2) is 24.4 Å². The Morgan fingerprint density at radius 3 is 2.43 bits per heavy atom. The van der Waals surface area contributed by atoms with E-state index in [0.29, 0.717) is 19.0 Å². The fourth-order valence-corrected chi connectivity index (χ4v) is 3.67. The highest BCUT2D eigenvalue weighted by Crippen LogP contribution is 2.39. The van der Waals surface area contributed by atoms with E-state index in [1.807, 2.05) is 16.6 Å². The minimum Gasteiger partial charge on any atom is -0.341 e. The molecule has 1 saturated heterocycles. The zero-order valence-corrected chi connectivity index (χ0v) is 15.0. The summed E-state index contributed by atoms with van der Waals surface area (Å²) in [6.45, 7) is 1.12. The van der Waals surface area contributed by atoms with Gasteiger partial charge in [-0.3, -0.25) is 0 Å². The summed E-state index contributed by atoms with van der Waals surface area (Å²) in [4.78, 5) is 9.50. The second kappa shape index (κ2) is 6.39. The number of rotatable bonds is 3. The molecule has 5 rings (SSSR count). The van der Waals surface area contributed by atoms with E-state index in [1.54, 1.807) is 4.90 Å². The van der Waals surface area contributed by atoms with Crippen molar-refractivity contribution >= 4 is 11.6 Å². The molecule has 2 aliphatic rings. The van der Waals surface area contributed by atoms with Crippen LogP contribution in [0.4, 0.5) is 19.1 Å². The normalized spacial score (nSPS) is 18.8. The van der Waals surface area contributed by atoms with Crippen molar-refractivity contribution in [2.75, 3.05) is 18.0 Å². The van der Waals surface area contributed by atoms with Gasteiger partial charge in [-0.1, -0.05) is 0 Å². The van der Waals surface area contributed by atoms with E-state index in [2.05, 4.69) is 20.2 Å². The zero-order chi connectivity index (χ0) is 19.3. The molecule has 0 radical (unpaired) electrons. The molecular weight excluding hydrogens is 371 g/mol. The summed E-state index contributed by atoms with van der Waals surface area (Å²) in [5, 5.41) is 13.3. The minimum absolute atomic E-state index is 0.119. The molecule has 0 aromatic carbocycles. The van der Waals surface area contributed by atoms with E-state index in [9.17, 15) is 13.2 Å². The van der Waals surface area contributed by atoms with Crippen molar-refractivity contribution in [1.82, 2.24) is 29.8 Å². The molecule has 1 aliphatic heterocycles. The minimum atomic E-state index is -4.47. The van der Waals surface area contributed by atoms with E-state index >= 15 is 0 Å². The molecule has 0 amide bonds. The first-order chi connectivity index (χ1) is 13.5. The number of hydrogen-bond donors (Lipinski definition) is 0.